The molecule has 0 atom stereocenters. The van der Waals surface area contributed by atoms with E-state index in [-0.39, 0.29) is 24.7 Å². The van der Waals surface area contributed by atoms with Gasteiger partial charge in [-0.25, -0.2) is 0 Å². The van der Waals surface area contributed by atoms with Crippen LogP contribution >= 0.6 is 11.6 Å². The number of benzene rings is 2. The van der Waals surface area contributed by atoms with E-state index in [1.165, 1.54) is 0 Å². The summed E-state index contributed by atoms with van der Waals surface area (Å²) in [4.78, 5) is 36.7. The predicted octanol–water partition coefficient (Wildman–Crippen LogP) is 5.02. The molecule has 2 rings (SSSR count). The smallest absolute Gasteiger partial charge is 0.244 e. The van der Waals surface area contributed by atoms with Crippen molar-refractivity contribution in [1.29, 1.82) is 0 Å². The first-order valence-electron chi connectivity index (χ1n) is 11.3. The van der Waals surface area contributed by atoms with Crippen molar-refractivity contribution in [2.75, 3.05) is 11.9 Å². The molecule has 0 unspecified atom stereocenters. The summed E-state index contributed by atoms with van der Waals surface area (Å²) in [5.41, 5.74) is 7.72. The Kier molecular flexibility index (Phi) is 9.93. The highest BCUT2D eigenvalue weighted by Crippen LogP contribution is 2.24. The van der Waals surface area contributed by atoms with Crippen molar-refractivity contribution in [2.45, 2.75) is 60.3 Å². The highest BCUT2D eigenvalue weighted by Gasteiger charge is 2.27. The number of hydrazine groups is 1. The molecule has 0 aliphatic heterocycles. The number of rotatable bonds is 10. The summed E-state index contributed by atoms with van der Waals surface area (Å²) in [5, 5.41) is 3.29. The third-order valence-electron chi connectivity index (χ3n) is 5.60. The van der Waals surface area contributed by atoms with Crippen LogP contribution in [-0.2, 0) is 14.4 Å². The predicted molar refractivity (Wildman–Crippen MR) is 135 cm³/mol. The van der Waals surface area contributed by atoms with E-state index in [1.807, 2.05) is 45.9 Å². The Labute approximate surface area is 206 Å². The number of hydrogen-bond acceptors (Lipinski definition) is 4. The molecule has 0 saturated carbocycles. The highest BCUT2D eigenvalue weighted by molar-refractivity contribution is 6.31. The van der Waals surface area contributed by atoms with Gasteiger partial charge in [-0.05, 0) is 68.5 Å². The monoisotopic (exact) mass is 487 g/mol. The zero-order valence-corrected chi connectivity index (χ0v) is 21.3. The first kappa shape index (κ1) is 27.2. The molecule has 7 nitrogen and oxygen atoms in total. The van der Waals surface area contributed by atoms with E-state index in [0.29, 0.717) is 30.2 Å². The van der Waals surface area contributed by atoms with Crippen molar-refractivity contribution in [2.24, 2.45) is 5.41 Å². The van der Waals surface area contributed by atoms with Crippen molar-refractivity contribution in [3.8, 4) is 5.75 Å². The maximum absolute atomic E-state index is 12.5. The Morgan fingerprint density at radius 3 is 2.41 bits per heavy atom. The van der Waals surface area contributed by atoms with Gasteiger partial charge in [-0.15, -0.1) is 0 Å². The first-order chi connectivity index (χ1) is 16.0. The number of nitrogens with one attached hydrogen (secondary N) is 3. The zero-order chi connectivity index (χ0) is 25.3. The fraction of sp³-hybridized carbons (Fsp3) is 0.423. The summed E-state index contributed by atoms with van der Waals surface area (Å²) in [7, 11) is 0. The van der Waals surface area contributed by atoms with Crippen LogP contribution in [-0.4, -0.2) is 24.3 Å². The SMILES string of the molecule is Cc1ccc(C)c(OCCCC(C)(C)C(=O)NNC(=O)CCC(=O)Nc2cccc(Cl)c2C)c1. The van der Waals surface area contributed by atoms with Gasteiger partial charge in [0, 0.05) is 29.0 Å². The van der Waals surface area contributed by atoms with E-state index in [4.69, 9.17) is 16.3 Å². The number of carbonyl (C=O) groups excluding carboxylic acids is 3. The zero-order valence-electron chi connectivity index (χ0n) is 20.5. The van der Waals surface area contributed by atoms with Gasteiger partial charge in [-0.1, -0.05) is 43.6 Å². The fourth-order valence-electron chi connectivity index (χ4n) is 3.21. The number of amides is 3. The quantitative estimate of drug-likeness (QED) is 0.324. The Morgan fingerprint density at radius 1 is 0.971 bits per heavy atom. The molecule has 184 valence electrons. The van der Waals surface area contributed by atoms with Crippen LogP contribution in [0.3, 0.4) is 0 Å². The molecule has 0 aromatic heterocycles. The average Bonchev–Trinajstić information content (AvgIpc) is 2.78. The van der Waals surface area contributed by atoms with E-state index in [9.17, 15) is 14.4 Å². The maximum atomic E-state index is 12.5. The summed E-state index contributed by atoms with van der Waals surface area (Å²) in [6.07, 6.45) is 1.19. The van der Waals surface area contributed by atoms with E-state index >= 15 is 0 Å². The van der Waals surface area contributed by atoms with Gasteiger partial charge in [0.15, 0.2) is 0 Å². The van der Waals surface area contributed by atoms with Crippen molar-refractivity contribution < 1.29 is 19.1 Å². The Balaban J connectivity index is 1.69. The molecule has 0 heterocycles. The molecular formula is C26H34ClN3O4. The largest absolute Gasteiger partial charge is 0.493 e. The minimum absolute atomic E-state index is 0.0211. The number of halogens is 1. The minimum atomic E-state index is -0.695. The van der Waals surface area contributed by atoms with Gasteiger partial charge >= 0.3 is 0 Å². The normalized spacial score (nSPS) is 11.0. The van der Waals surface area contributed by atoms with Gasteiger partial charge in [-0.2, -0.15) is 0 Å². The van der Waals surface area contributed by atoms with Gasteiger partial charge in [-0.3, -0.25) is 25.2 Å². The number of anilines is 1. The lowest BCUT2D eigenvalue weighted by Crippen LogP contribution is -2.47. The van der Waals surface area contributed by atoms with Crippen molar-refractivity contribution >= 4 is 35.0 Å². The molecule has 0 saturated heterocycles. The molecule has 2 aromatic carbocycles. The molecule has 0 radical (unpaired) electrons. The molecule has 0 fully saturated rings. The second kappa shape index (κ2) is 12.4. The van der Waals surface area contributed by atoms with E-state index in [1.54, 1.807) is 25.1 Å². The van der Waals surface area contributed by atoms with Crippen LogP contribution in [0.1, 0.15) is 56.2 Å². The van der Waals surface area contributed by atoms with Gasteiger partial charge < -0.3 is 10.1 Å². The van der Waals surface area contributed by atoms with E-state index < -0.39 is 11.3 Å². The lowest BCUT2D eigenvalue weighted by Gasteiger charge is -2.23. The van der Waals surface area contributed by atoms with Crippen LogP contribution in [0, 0.1) is 26.2 Å². The summed E-state index contributed by atoms with van der Waals surface area (Å²) in [5.74, 6) is -0.202. The number of ether oxygens (including phenoxy) is 1. The summed E-state index contributed by atoms with van der Waals surface area (Å²) >= 11 is 6.05. The average molecular weight is 488 g/mol. The van der Waals surface area contributed by atoms with Crippen LogP contribution in [0.2, 0.25) is 5.02 Å². The molecule has 0 aliphatic rings. The molecule has 34 heavy (non-hydrogen) atoms. The van der Waals surface area contributed by atoms with E-state index in [0.717, 1.165) is 22.4 Å². The highest BCUT2D eigenvalue weighted by atomic mass is 35.5. The van der Waals surface area contributed by atoms with Crippen LogP contribution in [0.4, 0.5) is 5.69 Å². The van der Waals surface area contributed by atoms with Gasteiger partial charge in [0.05, 0.1) is 6.61 Å². The van der Waals surface area contributed by atoms with Crippen molar-refractivity contribution in [3.05, 3.63) is 58.1 Å². The number of hydrogen-bond donors (Lipinski definition) is 3. The standard InChI is InChI=1S/C26H34ClN3O4/c1-17-10-11-18(2)22(16-17)34-15-7-14-26(4,5)25(33)30-29-24(32)13-12-23(31)28-21-9-6-8-20(27)19(21)3/h6,8-11,16H,7,12-15H2,1-5H3,(H,28,31)(H,29,32)(H,30,33). The molecule has 8 heteroatoms. The maximum Gasteiger partial charge on any atom is 0.244 e. The third-order valence-corrected chi connectivity index (χ3v) is 6.01. The fourth-order valence-corrected chi connectivity index (χ4v) is 3.39. The molecule has 0 aliphatic carbocycles. The first-order valence-corrected chi connectivity index (χ1v) is 11.7. The topological polar surface area (TPSA) is 96.5 Å². The Hall–Kier alpha value is -3.06. The van der Waals surface area contributed by atoms with E-state index in [2.05, 4.69) is 16.2 Å². The minimum Gasteiger partial charge on any atom is -0.493 e. The van der Waals surface area contributed by atoms with Crippen LogP contribution in [0.25, 0.3) is 0 Å². The van der Waals surface area contributed by atoms with Gasteiger partial charge in [0.1, 0.15) is 5.75 Å². The molecule has 3 N–H and O–H groups in total. The molecular weight excluding hydrogens is 454 g/mol. The molecule has 0 spiro atoms. The number of carbonyl (C=O) groups is 3. The summed E-state index contributed by atoms with van der Waals surface area (Å²) in [6, 6.07) is 11.3. The van der Waals surface area contributed by atoms with Crippen LogP contribution in [0.15, 0.2) is 36.4 Å². The lowest BCUT2D eigenvalue weighted by atomic mass is 9.87. The van der Waals surface area contributed by atoms with Crippen LogP contribution in [0.5, 0.6) is 5.75 Å². The van der Waals surface area contributed by atoms with Crippen LogP contribution < -0.4 is 20.9 Å². The van der Waals surface area contributed by atoms with Gasteiger partial charge in [0.2, 0.25) is 17.7 Å². The Bertz CT molecular complexity index is 1040. The molecule has 0 bridgehead atoms. The second-order valence-corrected chi connectivity index (χ2v) is 9.47. The van der Waals surface area contributed by atoms with Crippen molar-refractivity contribution in [3.63, 3.8) is 0 Å². The molecule has 3 amide bonds. The summed E-state index contributed by atoms with van der Waals surface area (Å²) in [6.45, 7) is 9.93. The summed E-state index contributed by atoms with van der Waals surface area (Å²) < 4.78 is 5.86. The third kappa shape index (κ3) is 8.37. The lowest BCUT2D eigenvalue weighted by molar-refractivity contribution is -0.134. The Morgan fingerprint density at radius 2 is 1.68 bits per heavy atom. The van der Waals surface area contributed by atoms with Crippen molar-refractivity contribution in [1.82, 2.24) is 10.9 Å². The molecule has 2 aromatic rings. The number of aryl methyl sites for hydroxylation is 2. The second-order valence-electron chi connectivity index (χ2n) is 9.07. The van der Waals surface area contributed by atoms with Gasteiger partial charge in [0.25, 0.3) is 0 Å².